The molecule has 0 heterocycles. The van der Waals surface area contributed by atoms with Crippen molar-refractivity contribution >= 4 is 17.6 Å². The Balaban J connectivity index is 1.95. The van der Waals surface area contributed by atoms with Gasteiger partial charge in [-0.25, -0.2) is 4.79 Å². The Bertz CT molecular complexity index is 708. The smallest absolute Gasteiger partial charge is 0.336 e. The summed E-state index contributed by atoms with van der Waals surface area (Å²) < 4.78 is 0. The van der Waals surface area contributed by atoms with Gasteiger partial charge in [0.05, 0.1) is 5.56 Å². The van der Waals surface area contributed by atoms with E-state index in [1.807, 2.05) is 37.3 Å². The largest absolute Gasteiger partial charge is 0.478 e. The first-order valence-corrected chi connectivity index (χ1v) is 7.65. The van der Waals surface area contributed by atoms with Crippen molar-refractivity contribution in [2.24, 2.45) is 0 Å². The van der Waals surface area contributed by atoms with E-state index in [1.165, 1.54) is 11.6 Å². The summed E-state index contributed by atoms with van der Waals surface area (Å²) in [6.07, 6.45) is 2.01. The van der Waals surface area contributed by atoms with Gasteiger partial charge < -0.3 is 10.4 Å². The van der Waals surface area contributed by atoms with Gasteiger partial charge in [-0.2, -0.15) is 0 Å². The second kappa shape index (κ2) is 7.58. The monoisotopic (exact) mass is 311 g/mol. The lowest BCUT2D eigenvalue weighted by Crippen LogP contribution is -2.13. The summed E-state index contributed by atoms with van der Waals surface area (Å²) in [6, 6.07) is 13.3. The molecular formula is C19H21NO3. The van der Waals surface area contributed by atoms with Crippen molar-refractivity contribution < 1.29 is 14.7 Å². The molecule has 0 aromatic heterocycles. The molecule has 0 saturated heterocycles. The van der Waals surface area contributed by atoms with Gasteiger partial charge in [0.1, 0.15) is 0 Å². The average molecular weight is 311 g/mol. The fourth-order valence-electron chi connectivity index (χ4n) is 2.53. The second-order valence-electron chi connectivity index (χ2n) is 5.67. The van der Waals surface area contributed by atoms with Gasteiger partial charge in [-0.3, -0.25) is 4.79 Å². The highest BCUT2D eigenvalue weighted by Crippen LogP contribution is 2.21. The number of aromatic carboxylic acids is 1. The van der Waals surface area contributed by atoms with E-state index < -0.39 is 5.97 Å². The molecule has 0 spiro atoms. The summed E-state index contributed by atoms with van der Waals surface area (Å²) >= 11 is 0. The van der Waals surface area contributed by atoms with E-state index in [9.17, 15) is 9.59 Å². The molecule has 4 nitrogen and oxygen atoms in total. The zero-order valence-electron chi connectivity index (χ0n) is 13.4. The summed E-state index contributed by atoms with van der Waals surface area (Å²) in [4.78, 5) is 23.2. The number of carboxylic acid groups (broad SMARTS) is 1. The number of amides is 1. The molecule has 1 amide bonds. The molecule has 2 aromatic carbocycles. The lowest BCUT2D eigenvalue weighted by Gasteiger charge is -2.11. The van der Waals surface area contributed by atoms with Crippen LogP contribution in [0.5, 0.6) is 0 Å². The fourth-order valence-corrected chi connectivity index (χ4v) is 2.53. The number of rotatable bonds is 6. The van der Waals surface area contributed by atoms with Crippen LogP contribution in [0.1, 0.15) is 39.9 Å². The van der Waals surface area contributed by atoms with Crippen LogP contribution in [0.3, 0.4) is 0 Å². The molecule has 2 N–H and O–H groups in total. The molecule has 0 unspecified atom stereocenters. The third-order valence-corrected chi connectivity index (χ3v) is 3.79. The number of carbonyl (C=O) groups excluding carboxylic acids is 1. The summed E-state index contributed by atoms with van der Waals surface area (Å²) in [5, 5.41) is 12.0. The zero-order chi connectivity index (χ0) is 16.8. The van der Waals surface area contributed by atoms with Crippen molar-refractivity contribution in [1.82, 2.24) is 0 Å². The third-order valence-electron chi connectivity index (χ3n) is 3.79. The van der Waals surface area contributed by atoms with Crippen molar-refractivity contribution in [3.63, 3.8) is 0 Å². The second-order valence-corrected chi connectivity index (χ2v) is 5.67. The minimum atomic E-state index is -0.984. The molecule has 23 heavy (non-hydrogen) atoms. The normalized spacial score (nSPS) is 10.3. The highest BCUT2D eigenvalue weighted by Gasteiger charge is 2.12. The molecule has 120 valence electrons. The number of hydrogen-bond donors (Lipinski definition) is 2. The molecule has 0 fully saturated rings. The maximum Gasteiger partial charge on any atom is 0.336 e. The third kappa shape index (κ3) is 4.68. The Morgan fingerprint density at radius 1 is 1.04 bits per heavy atom. The molecule has 0 aliphatic heterocycles. The first-order chi connectivity index (χ1) is 11.0. The van der Waals surface area contributed by atoms with Gasteiger partial charge in [0.2, 0.25) is 5.91 Å². The summed E-state index contributed by atoms with van der Waals surface area (Å²) in [7, 11) is 0. The molecule has 0 saturated carbocycles. The van der Waals surface area contributed by atoms with Crippen LogP contribution in [0.4, 0.5) is 5.69 Å². The van der Waals surface area contributed by atoms with Crippen molar-refractivity contribution in [2.45, 2.75) is 33.1 Å². The minimum absolute atomic E-state index is 0.0933. The molecule has 2 aromatic rings. The number of anilines is 1. The summed E-state index contributed by atoms with van der Waals surface area (Å²) in [6.45, 7) is 3.61. The van der Waals surface area contributed by atoms with Crippen LogP contribution in [0.15, 0.2) is 42.5 Å². The number of aryl methyl sites for hydroxylation is 3. The first-order valence-electron chi connectivity index (χ1n) is 7.65. The van der Waals surface area contributed by atoms with Crippen LogP contribution in [0.2, 0.25) is 0 Å². The van der Waals surface area contributed by atoms with E-state index in [4.69, 9.17) is 5.11 Å². The van der Waals surface area contributed by atoms with E-state index in [0.29, 0.717) is 17.7 Å². The van der Waals surface area contributed by atoms with Crippen molar-refractivity contribution in [3.8, 4) is 0 Å². The highest BCUT2D eigenvalue weighted by molar-refractivity contribution is 5.95. The van der Waals surface area contributed by atoms with Crippen LogP contribution in [-0.4, -0.2) is 17.0 Å². The van der Waals surface area contributed by atoms with Gasteiger partial charge >= 0.3 is 5.97 Å². The van der Waals surface area contributed by atoms with Crippen molar-refractivity contribution in [2.75, 3.05) is 5.32 Å². The maximum atomic E-state index is 12.1. The van der Waals surface area contributed by atoms with Gasteiger partial charge in [-0.1, -0.05) is 36.4 Å². The number of hydrogen-bond acceptors (Lipinski definition) is 2. The topological polar surface area (TPSA) is 66.4 Å². The van der Waals surface area contributed by atoms with E-state index in [-0.39, 0.29) is 11.5 Å². The number of nitrogens with one attached hydrogen (secondary N) is 1. The zero-order valence-corrected chi connectivity index (χ0v) is 13.4. The van der Waals surface area contributed by atoms with E-state index >= 15 is 0 Å². The molecule has 2 rings (SSSR count). The van der Waals surface area contributed by atoms with E-state index in [2.05, 4.69) is 5.32 Å². The highest BCUT2D eigenvalue weighted by atomic mass is 16.4. The van der Waals surface area contributed by atoms with Crippen LogP contribution in [0.25, 0.3) is 0 Å². The SMILES string of the molecule is Cc1cc(C)c(C(=O)O)cc1NC(=O)CCCc1ccccc1. The lowest BCUT2D eigenvalue weighted by atomic mass is 10.0. The Morgan fingerprint density at radius 3 is 2.39 bits per heavy atom. The standard InChI is InChI=1S/C19H21NO3/c1-13-11-14(2)17(12-16(13)19(22)23)20-18(21)10-6-9-15-7-4-3-5-8-15/h3-5,7-8,11-12H,6,9-10H2,1-2H3,(H,20,21)(H,22,23). The molecule has 4 heteroatoms. The molecule has 0 aliphatic carbocycles. The van der Waals surface area contributed by atoms with Crippen LogP contribution in [-0.2, 0) is 11.2 Å². The predicted octanol–water partition coefficient (Wildman–Crippen LogP) is 3.96. The summed E-state index contributed by atoms with van der Waals surface area (Å²) in [5.41, 5.74) is 3.55. The molecular weight excluding hydrogens is 290 g/mol. The van der Waals surface area contributed by atoms with Gasteiger partial charge in [-0.05, 0) is 49.4 Å². The quantitative estimate of drug-likeness (QED) is 0.848. The van der Waals surface area contributed by atoms with Gasteiger partial charge in [0, 0.05) is 12.1 Å². The average Bonchev–Trinajstić information content (AvgIpc) is 2.50. The van der Waals surface area contributed by atoms with Crippen molar-refractivity contribution in [1.29, 1.82) is 0 Å². The molecule has 0 atom stereocenters. The fraction of sp³-hybridized carbons (Fsp3) is 0.263. The van der Waals surface area contributed by atoms with Crippen LogP contribution in [0, 0.1) is 13.8 Å². The summed E-state index contributed by atoms with van der Waals surface area (Å²) in [5.74, 6) is -1.08. The van der Waals surface area contributed by atoms with Gasteiger partial charge in [0.25, 0.3) is 0 Å². The Kier molecular flexibility index (Phi) is 5.52. The van der Waals surface area contributed by atoms with Crippen molar-refractivity contribution in [3.05, 3.63) is 64.7 Å². The minimum Gasteiger partial charge on any atom is -0.478 e. The Labute approximate surface area is 136 Å². The van der Waals surface area contributed by atoms with Gasteiger partial charge in [-0.15, -0.1) is 0 Å². The Morgan fingerprint density at radius 2 is 1.74 bits per heavy atom. The molecule has 0 aliphatic rings. The van der Waals surface area contributed by atoms with Gasteiger partial charge in [0.15, 0.2) is 0 Å². The Hall–Kier alpha value is -2.62. The van der Waals surface area contributed by atoms with E-state index in [0.717, 1.165) is 18.4 Å². The predicted molar refractivity (Wildman–Crippen MR) is 90.9 cm³/mol. The maximum absolute atomic E-state index is 12.1. The number of carbonyl (C=O) groups is 2. The van der Waals surface area contributed by atoms with Crippen LogP contribution < -0.4 is 5.32 Å². The number of benzene rings is 2. The van der Waals surface area contributed by atoms with E-state index in [1.54, 1.807) is 13.0 Å². The molecule has 0 radical (unpaired) electrons. The van der Waals surface area contributed by atoms with Crippen LogP contribution >= 0.6 is 0 Å². The number of carboxylic acids is 1. The lowest BCUT2D eigenvalue weighted by molar-refractivity contribution is -0.116. The first kappa shape index (κ1) is 16.7. The molecule has 0 bridgehead atoms.